The van der Waals surface area contributed by atoms with Crippen LogP contribution in [0.2, 0.25) is 0 Å². The van der Waals surface area contributed by atoms with Gasteiger partial charge in [0.15, 0.2) is 0 Å². The van der Waals surface area contributed by atoms with E-state index in [9.17, 15) is 5.11 Å². The molecule has 0 fully saturated rings. The molecule has 0 saturated heterocycles. The normalized spacial score (nSPS) is 17.0. The van der Waals surface area contributed by atoms with Crippen molar-refractivity contribution in [1.29, 1.82) is 0 Å². The smallest absolute Gasteiger partial charge is 0.120 e. The third-order valence-electron chi connectivity index (χ3n) is 7.60. The molecule has 0 radical (unpaired) electrons. The third-order valence-corrected chi connectivity index (χ3v) is 7.60. The van der Waals surface area contributed by atoms with Gasteiger partial charge in [0, 0.05) is 35.8 Å². The van der Waals surface area contributed by atoms with E-state index >= 15 is 0 Å². The summed E-state index contributed by atoms with van der Waals surface area (Å²) in [5.74, 6) is 0.718. The number of phenolic OH excluding ortho intramolecular Hbond substituents is 1. The molecule has 1 atom stereocenters. The van der Waals surface area contributed by atoms with Crippen molar-refractivity contribution < 1.29 is 5.11 Å². The standard InChI is InChI=1S/C33H36N2O/c1-33(2)28(16-11-17-30(33)25-14-9-6-10-15-25)18-26-23-35(21-24-12-7-5-8-13-24)31-19-27(22-34(3)4)32(36)20-29(26)31/h5-17,19-20,23,28,36H,18,21-22H2,1-4H3. The second-order valence-corrected chi connectivity index (χ2v) is 10.9. The van der Waals surface area contributed by atoms with Gasteiger partial charge in [-0.3, -0.25) is 0 Å². The van der Waals surface area contributed by atoms with Crippen LogP contribution in [0.3, 0.4) is 0 Å². The number of allylic oxidation sites excluding steroid dienone is 4. The van der Waals surface area contributed by atoms with E-state index in [0.717, 1.165) is 23.9 Å². The van der Waals surface area contributed by atoms with Crippen LogP contribution in [0, 0.1) is 11.3 Å². The summed E-state index contributed by atoms with van der Waals surface area (Å²) in [6, 6.07) is 25.5. The summed E-state index contributed by atoms with van der Waals surface area (Å²) in [5.41, 5.74) is 7.34. The Morgan fingerprint density at radius 2 is 1.61 bits per heavy atom. The predicted octanol–water partition coefficient (Wildman–Crippen LogP) is 7.30. The van der Waals surface area contributed by atoms with Gasteiger partial charge in [0.1, 0.15) is 5.75 Å². The molecule has 3 heteroatoms. The summed E-state index contributed by atoms with van der Waals surface area (Å²) in [5, 5.41) is 12.1. The third kappa shape index (κ3) is 4.76. The van der Waals surface area contributed by atoms with Gasteiger partial charge in [-0.25, -0.2) is 0 Å². The van der Waals surface area contributed by atoms with Crippen LogP contribution in [0.4, 0.5) is 0 Å². The molecule has 0 saturated carbocycles. The summed E-state index contributed by atoms with van der Waals surface area (Å²) in [6.45, 7) is 6.23. The topological polar surface area (TPSA) is 28.4 Å². The lowest BCUT2D eigenvalue weighted by molar-refractivity contribution is 0.353. The number of aromatic hydroxyl groups is 1. The van der Waals surface area contributed by atoms with Crippen molar-refractivity contribution in [2.45, 2.75) is 33.4 Å². The van der Waals surface area contributed by atoms with Crippen molar-refractivity contribution in [3.8, 4) is 5.75 Å². The number of rotatable bonds is 7. The highest BCUT2D eigenvalue weighted by Crippen LogP contribution is 2.46. The monoisotopic (exact) mass is 476 g/mol. The zero-order valence-corrected chi connectivity index (χ0v) is 21.8. The molecule has 0 aliphatic heterocycles. The number of hydrogen-bond acceptors (Lipinski definition) is 2. The molecule has 0 amide bonds. The molecule has 3 nitrogen and oxygen atoms in total. The summed E-state index contributed by atoms with van der Waals surface area (Å²) < 4.78 is 2.35. The van der Waals surface area contributed by atoms with Gasteiger partial charge in [-0.15, -0.1) is 0 Å². The van der Waals surface area contributed by atoms with E-state index in [1.807, 2.05) is 20.2 Å². The minimum absolute atomic E-state index is 0.0170. The molecular formula is C33H36N2O. The minimum atomic E-state index is -0.0170. The lowest BCUT2D eigenvalue weighted by atomic mass is 9.66. The Morgan fingerprint density at radius 3 is 2.31 bits per heavy atom. The number of fused-ring (bicyclic) bond motifs is 1. The Hall–Kier alpha value is -3.56. The Kier molecular flexibility index (Phi) is 6.59. The summed E-state index contributed by atoms with van der Waals surface area (Å²) in [6.07, 6.45) is 10.1. The maximum absolute atomic E-state index is 10.9. The predicted molar refractivity (Wildman–Crippen MR) is 151 cm³/mol. The average molecular weight is 477 g/mol. The van der Waals surface area contributed by atoms with E-state index in [1.165, 1.54) is 27.8 Å². The highest BCUT2D eigenvalue weighted by Gasteiger charge is 2.34. The van der Waals surface area contributed by atoms with Crippen molar-refractivity contribution in [3.63, 3.8) is 0 Å². The highest BCUT2D eigenvalue weighted by molar-refractivity contribution is 5.87. The Balaban J connectivity index is 1.54. The van der Waals surface area contributed by atoms with Gasteiger partial charge >= 0.3 is 0 Å². The summed E-state index contributed by atoms with van der Waals surface area (Å²) >= 11 is 0. The van der Waals surface area contributed by atoms with Crippen molar-refractivity contribution in [3.05, 3.63) is 119 Å². The molecule has 1 heterocycles. The fourth-order valence-electron chi connectivity index (χ4n) is 5.57. The van der Waals surface area contributed by atoms with Crippen molar-refractivity contribution >= 4 is 16.5 Å². The average Bonchev–Trinajstić information content (AvgIpc) is 3.17. The van der Waals surface area contributed by atoms with Crippen molar-refractivity contribution in [2.24, 2.45) is 11.3 Å². The van der Waals surface area contributed by atoms with Crippen LogP contribution in [0.1, 0.15) is 36.1 Å². The molecule has 0 bridgehead atoms. The maximum atomic E-state index is 10.9. The van der Waals surface area contributed by atoms with E-state index in [1.54, 1.807) is 0 Å². The second kappa shape index (κ2) is 9.83. The molecule has 184 valence electrons. The molecule has 36 heavy (non-hydrogen) atoms. The van der Waals surface area contributed by atoms with Gasteiger partial charge in [-0.2, -0.15) is 0 Å². The molecule has 0 spiro atoms. The van der Waals surface area contributed by atoms with Crippen LogP contribution >= 0.6 is 0 Å². The molecule has 1 unspecified atom stereocenters. The van der Waals surface area contributed by atoms with Crippen LogP contribution in [-0.4, -0.2) is 28.7 Å². The van der Waals surface area contributed by atoms with Crippen molar-refractivity contribution in [2.75, 3.05) is 14.1 Å². The Labute approximate surface area is 215 Å². The van der Waals surface area contributed by atoms with Gasteiger partial charge in [-0.05, 0) is 66.2 Å². The summed E-state index contributed by atoms with van der Waals surface area (Å²) in [4.78, 5) is 2.10. The lowest BCUT2D eigenvalue weighted by Gasteiger charge is -2.37. The largest absolute Gasteiger partial charge is 0.508 e. The van der Waals surface area contributed by atoms with Gasteiger partial charge in [0.25, 0.3) is 0 Å². The van der Waals surface area contributed by atoms with E-state index in [2.05, 4.69) is 114 Å². The number of hydrogen-bond donors (Lipinski definition) is 1. The van der Waals surface area contributed by atoms with Crippen LogP contribution in [0.5, 0.6) is 5.75 Å². The Bertz CT molecular complexity index is 1410. The van der Waals surface area contributed by atoms with Gasteiger partial charge in [0.05, 0.1) is 0 Å². The number of phenols is 1. The van der Waals surface area contributed by atoms with E-state index in [4.69, 9.17) is 0 Å². The summed E-state index contributed by atoms with van der Waals surface area (Å²) in [7, 11) is 4.07. The zero-order chi connectivity index (χ0) is 25.3. The number of nitrogens with zero attached hydrogens (tertiary/aromatic N) is 2. The fourth-order valence-corrected chi connectivity index (χ4v) is 5.57. The Morgan fingerprint density at radius 1 is 0.917 bits per heavy atom. The fraction of sp³-hybridized carbons (Fsp3) is 0.273. The minimum Gasteiger partial charge on any atom is -0.508 e. The van der Waals surface area contributed by atoms with E-state index in [-0.39, 0.29) is 5.41 Å². The van der Waals surface area contributed by atoms with Crippen molar-refractivity contribution in [1.82, 2.24) is 9.47 Å². The molecule has 3 aromatic carbocycles. The SMILES string of the molecule is CN(C)Cc1cc2c(cc1O)c(CC1C=CC=C(c3ccccc3)C1(C)C)cn2Cc1ccccc1. The maximum Gasteiger partial charge on any atom is 0.120 e. The van der Waals surface area contributed by atoms with E-state index < -0.39 is 0 Å². The molecule has 5 rings (SSSR count). The van der Waals surface area contributed by atoms with Crippen LogP contribution in [0.15, 0.2) is 97.2 Å². The first-order valence-corrected chi connectivity index (χ1v) is 12.8. The second-order valence-electron chi connectivity index (χ2n) is 10.9. The molecule has 1 aromatic heterocycles. The van der Waals surface area contributed by atoms with E-state index in [0.29, 0.717) is 18.2 Å². The quantitative estimate of drug-likeness (QED) is 0.303. The first-order valence-electron chi connectivity index (χ1n) is 12.8. The van der Waals surface area contributed by atoms with Crippen LogP contribution in [-0.2, 0) is 19.5 Å². The first kappa shape index (κ1) is 24.1. The molecule has 1 aliphatic rings. The molecular weight excluding hydrogens is 440 g/mol. The van der Waals surface area contributed by atoms with Gasteiger partial charge in [-0.1, -0.05) is 92.7 Å². The first-order chi connectivity index (χ1) is 17.3. The van der Waals surface area contributed by atoms with Gasteiger partial charge in [0.2, 0.25) is 0 Å². The zero-order valence-electron chi connectivity index (χ0n) is 21.8. The van der Waals surface area contributed by atoms with Gasteiger partial charge < -0.3 is 14.6 Å². The lowest BCUT2D eigenvalue weighted by Crippen LogP contribution is -2.27. The molecule has 1 aliphatic carbocycles. The van der Waals surface area contributed by atoms with Crippen LogP contribution in [0.25, 0.3) is 16.5 Å². The number of aromatic nitrogens is 1. The number of benzene rings is 3. The molecule has 1 N–H and O–H groups in total. The highest BCUT2D eigenvalue weighted by atomic mass is 16.3. The molecule has 4 aromatic rings. The van der Waals surface area contributed by atoms with Crippen LogP contribution < -0.4 is 0 Å².